The van der Waals surface area contributed by atoms with Crippen molar-refractivity contribution in [1.82, 2.24) is 10.6 Å². The van der Waals surface area contributed by atoms with E-state index >= 15 is 0 Å². The second kappa shape index (κ2) is 8.53. The fourth-order valence-corrected chi connectivity index (χ4v) is 3.68. The quantitative estimate of drug-likeness (QED) is 0.212. The number of Topliss-reactive ketones (excluding diaryl/α,β-unsaturated/α-hetero) is 1. The highest BCUT2D eigenvalue weighted by molar-refractivity contribution is 7.79. The van der Waals surface area contributed by atoms with Crippen LogP contribution in [0.1, 0.15) is 13.3 Å². The first-order chi connectivity index (χ1) is 12.8. The number of fused-ring (bicyclic) bond motifs is 2. The van der Waals surface area contributed by atoms with E-state index in [1.165, 1.54) is 0 Å². The van der Waals surface area contributed by atoms with Crippen molar-refractivity contribution >= 4 is 16.2 Å². The Morgan fingerprint density at radius 3 is 2.07 bits per heavy atom. The number of nitrogens with one attached hydrogen (secondary N) is 2. The number of hydrogen-bond acceptors (Lipinski definition) is 11. The topological polar surface area (TPSA) is 204 Å². The summed E-state index contributed by atoms with van der Waals surface area (Å²) in [4.78, 5) is 12.2. The molecule has 1 saturated carbocycles. The van der Waals surface area contributed by atoms with Crippen molar-refractivity contribution in [2.75, 3.05) is 14.1 Å². The molecule has 2 aliphatic heterocycles. The van der Waals surface area contributed by atoms with E-state index in [-0.39, 0.29) is 6.42 Å². The van der Waals surface area contributed by atoms with E-state index in [4.69, 9.17) is 31.7 Å². The monoisotopic (exact) mass is 430 g/mol. The summed E-state index contributed by atoms with van der Waals surface area (Å²) in [7, 11) is -1.43. The maximum absolute atomic E-state index is 12.2. The van der Waals surface area contributed by atoms with Gasteiger partial charge in [-0.15, -0.1) is 0 Å². The second-order valence-electron chi connectivity index (χ2n) is 6.84. The number of ether oxygens (including phenoxy) is 3. The fourth-order valence-electron chi connectivity index (χ4n) is 3.68. The Balaban J connectivity index is 0.000000500. The normalized spacial score (nSPS) is 46.1. The number of hydrogen-bond donors (Lipinski definition) is 7. The van der Waals surface area contributed by atoms with Gasteiger partial charge in [-0.25, -0.2) is 0 Å². The van der Waals surface area contributed by atoms with Crippen LogP contribution in [0.4, 0.5) is 0 Å². The Labute approximate surface area is 161 Å². The number of rotatable bonds is 2. The Hall–Kier alpha value is -0.780. The molecule has 0 radical (unpaired) electrons. The summed E-state index contributed by atoms with van der Waals surface area (Å²) in [6.45, 7) is 1.70. The summed E-state index contributed by atoms with van der Waals surface area (Å²) >= 11 is 0. The van der Waals surface area contributed by atoms with E-state index in [0.29, 0.717) is 0 Å². The molecule has 13 nitrogen and oxygen atoms in total. The summed E-state index contributed by atoms with van der Waals surface area (Å²) in [5.74, 6) is -2.76. The summed E-state index contributed by atoms with van der Waals surface area (Å²) < 4.78 is 48.4. The molecule has 14 heteroatoms. The molecule has 0 spiro atoms. The Kier molecular flexibility index (Phi) is 7.16. The van der Waals surface area contributed by atoms with Crippen LogP contribution < -0.4 is 10.6 Å². The summed E-state index contributed by atoms with van der Waals surface area (Å²) in [6, 6.07) is -1.29. The third-order valence-electron chi connectivity index (χ3n) is 4.93. The van der Waals surface area contributed by atoms with Crippen LogP contribution in [0.2, 0.25) is 0 Å². The van der Waals surface area contributed by atoms with E-state index in [0.717, 1.165) is 0 Å². The van der Waals surface area contributed by atoms with Gasteiger partial charge >= 0.3 is 10.4 Å². The molecule has 7 N–H and O–H groups in total. The first-order valence-electron chi connectivity index (χ1n) is 8.48. The predicted octanol–water partition coefficient (Wildman–Crippen LogP) is -3.58. The minimum absolute atomic E-state index is 0.00220. The van der Waals surface area contributed by atoms with Gasteiger partial charge in [0.2, 0.25) is 6.29 Å². The zero-order chi connectivity index (χ0) is 21.4. The minimum atomic E-state index is -4.67. The SMILES string of the molecule is CN[C@@H]1[C@H](O)[C@H](NC)[C@H]2O[C@@]3(O)C(=O)C[C@@H](C)O[C@H]3O[C@@H]2[C@H]1O.O=S(=O)(O)O. The molecular weight excluding hydrogens is 404 g/mol. The molecule has 1 aliphatic carbocycles. The molecule has 0 amide bonds. The smallest absolute Gasteiger partial charge is 0.390 e. The third kappa shape index (κ3) is 4.68. The lowest BCUT2D eigenvalue weighted by atomic mass is 9.80. The largest absolute Gasteiger partial charge is 0.394 e. The molecule has 0 aromatic carbocycles. The molecule has 3 rings (SSSR count). The van der Waals surface area contributed by atoms with Gasteiger partial charge in [0.05, 0.1) is 24.3 Å². The van der Waals surface area contributed by atoms with Gasteiger partial charge in [0.25, 0.3) is 5.79 Å². The molecule has 3 fully saturated rings. The molecule has 9 atom stereocenters. The maximum Gasteiger partial charge on any atom is 0.394 e. The van der Waals surface area contributed by atoms with Crippen molar-refractivity contribution in [3.63, 3.8) is 0 Å². The summed E-state index contributed by atoms with van der Waals surface area (Å²) in [6.07, 6.45) is -5.58. The minimum Gasteiger partial charge on any atom is -0.390 e. The van der Waals surface area contributed by atoms with Crippen LogP contribution in [0, 0.1) is 0 Å². The predicted molar refractivity (Wildman–Crippen MR) is 90.5 cm³/mol. The lowest BCUT2D eigenvalue weighted by Crippen LogP contribution is -2.77. The van der Waals surface area contributed by atoms with Gasteiger partial charge in [0.1, 0.15) is 18.3 Å². The molecule has 0 aromatic rings. The Morgan fingerprint density at radius 2 is 1.57 bits per heavy atom. The zero-order valence-corrected chi connectivity index (χ0v) is 16.2. The highest BCUT2D eigenvalue weighted by Gasteiger charge is 2.63. The van der Waals surface area contributed by atoms with Gasteiger partial charge in [-0.2, -0.15) is 8.42 Å². The molecular formula is C14H26N2O11S. The van der Waals surface area contributed by atoms with Gasteiger partial charge in [-0.3, -0.25) is 13.9 Å². The van der Waals surface area contributed by atoms with E-state index in [2.05, 4.69) is 10.6 Å². The van der Waals surface area contributed by atoms with Crippen LogP contribution >= 0.6 is 0 Å². The number of carbonyl (C=O) groups is 1. The van der Waals surface area contributed by atoms with Crippen molar-refractivity contribution in [3.05, 3.63) is 0 Å². The molecule has 28 heavy (non-hydrogen) atoms. The molecule has 2 saturated heterocycles. The summed E-state index contributed by atoms with van der Waals surface area (Å²) in [5.41, 5.74) is 0. The molecule has 3 aliphatic rings. The number of aliphatic hydroxyl groups excluding tert-OH is 2. The van der Waals surface area contributed by atoms with E-state index in [1.807, 2.05) is 0 Å². The average molecular weight is 430 g/mol. The highest BCUT2D eigenvalue weighted by Crippen LogP contribution is 2.40. The van der Waals surface area contributed by atoms with Crippen LogP contribution in [-0.4, -0.2) is 107 Å². The van der Waals surface area contributed by atoms with Crippen molar-refractivity contribution in [2.45, 2.75) is 68.0 Å². The van der Waals surface area contributed by atoms with Crippen LogP contribution in [0.25, 0.3) is 0 Å². The van der Waals surface area contributed by atoms with Crippen LogP contribution in [0.3, 0.4) is 0 Å². The lowest BCUT2D eigenvalue weighted by molar-refractivity contribution is -0.420. The second-order valence-corrected chi connectivity index (χ2v) is 7.74. The van der Waals surface area contributed by atoms with Gasteiger partial charge in [0, 0.05) is 6.42 Å². The van der Waals surface area contributed by atoms with E-state index in [9.17, 15) is 20.1 Å². The molecule has 164 valence electrons. The van der Waals surface area contributed by atoms with E-state index < -0.39 is 70.9 Å². The zero-order valence-electron chi connectivity index (χ0n) is 15.4. The number of likely N-dealkylation sites (N-methyl/N-ethyl adjacent to an activating group) is 2. The highest BCUT2D eigenvalue weighted by atomic mass is 32.3. The van der Waals surface area contributed by atoms with Gasteiger partial charge in [-0.1, -0.05) is 0 Å². The van der Waals surface area contributed by atoms with Crippen molar-refractivity contribution in [1.29, 1.82) is 0 Å². The van der Waals surface area contributed by atoms with Crippen molar-refractivity contribution in [2.24, 2.45) is 0 Å². The number of ketones is 1. The molecule has 0 bridgehead atoms. The van der Waals surface area contributed by atoms with E-state index in [1.54, 1.807) is 21.0 Å². The summed E-state index contributed by atoms with van der Waals surface area (Å²) in [5, 5.41) is 37.2. The van der Waals surface area contributed by atoms with Crippen molar-refractivity contribution < 1.29 is 51.8 Å². The standard InChI is InChI=1S/C14H24N2O7.H2O4S/c1-5-4-6(17)14(20)13(21-5)22-12-10(19)7(15-2)9(18)8(16-3)11(12)23-14;1-5(2,3)4/h5,7-13,15-16,18-20H,4H2,1-3H3;(H2,1,2,3,4)/t5-,7-,8+,9+,10+,11-,12-,13+,14+;/m1./s1. The first kappa shape index (κ1) is 23.5. The third-order valence-corrected chi connectivity index (χ3v) is 4.93. The number of carbonyl (C=O) groups excluding carboxylic acids is 1. The van der Waals surface area contributed by atoms with Gasteiger partial charge in [-0.05, 0) is 21.0 Å². The van der Waals surface area contributed by atoms with Crippen LogP contribution in [0.5, 0.6) is 0 Å². The lowest BCUT2D eigenvalue weighted by Gasteiger charge is -2.55. The maximum atomic E-state index is 12.2. The first-order valence-corrected chi connectivity index (χ1v) is 9.88. The van der Waals surface area contributed by atoms with Gasteiger partial charge < -0.3 is 40.2 Å². The molecule has 2 heterocycles. The molecule has 0 unspecified atom stereocenters. The average Bonchev–Trinajstić information content (AvgIpc) is 2.55. The van der Waals surface area contributed by atoms with Gasteiger partial charge in [0.15, 0.2) is 5.78 Å². The van der Waals surface area contributed by atoms with Crippen LogP contribution in [0.15, 0.2) is 0 Å². The Bertz CT molecular complexity index is 668. The van der Waals surface area contributed by atoms with Crippen LogP contribution in [-0.2, 0) is 29.4 Å². The fraction of sp³-hybridized carbons (Fsp3) is 0.929. The number of aliphatic hydroxyl groups is 3. The Morgan fingerprint density at radius 1 is 1.04 bits per heavy atom. The molecule has 0 aromatic heterocycles. The van der Waals surface area contributed by atoms with Crippen molar-refractivity contribution in [3.8, 4) is 0 Å².